The van der Waals surface area contributed by atoms with Crippen molar-refractivity contribution in [1.29, 1.82) is 0 Å². The number of nitrogens with zero attached hydrogens (tertiary/aromatic N) is 1. The van der Waals surface area contributed by atoms with E-state index in [0.29, 0.717) is 0 Å². The highest BCUT2D eigenvalue weighted by Crippen LogP contribution is 2.37. The highest BCUT2D eigenvalue weighted by molar-refractivity contribution is 6.31. The number of alkyl halides is 3. The van der Waals surface area contributed by atoms with Gasteiger partial charge in [-0.25, -0.2) is 0 Å². The first-order valence-electron chi connectivity index (χ1n) is 11.4. The van der Waals surface area contributed by atoms with Crippen LogP contribution in [0.4, 0.5) is 18.9 Å². The number of carbonyl (C=O) groups excluding carboxylic acids is 3. The fourth-order valence-electron chi connectivity index (χ4n) is 5.09. The lowest BCUT2D eigenvalue weighted by atomic mass is 9.81. The van der Waals surface area contributed by atoms with Crippen molar-refractivity contribution in [2.24, 2.45) is 11.8 Å². The molecular weight excluding hydrogens is 475 g/mol. The maximum atomic E-state index is 13.2. The number of rotatable bonds is 4. The average Bonchev–Trinajstić information content (AvgIpc) is 2.78. The number of hydrogen-bond acceptors (Lipinski definition) is 5. The third kappa shape index (κ3) is 5.01. The highest BCUT2D eigenvalue weighted by atomic mass is 35.5. The molecule has 0 bridgehead atoms. The van der Waals surface area contributed by atoms with Gasteiger partial charge >= 0.3 is 6.18 Å². The van der Waals surface area contributed by atoms with Crippen LogP contribution in [-0.4, -0.2) is 47.7 Å². The summed E-state index contributed by atoms with van der Waals surface area (Å²) in [4.78, 5) is 40.7. The van der Waals surface area contributed by atoms with Crippen LogP contribution in [0, 0.1) is 11.8 Å². The van der Waals surface area contributed by atoms with Crippen LogP contribution in [-0.2, 0) is 20.6 Å². The van der Waals surface area contributed by atoms with Crippen molar-refractivity contribution in [3.8, 4) is 0 Å². The number of piperidine rings is 2. The highest BCUT2D eigenvalue weighted by Gasteiger charge is 2.50. The van der Waals surface area contributed by atoms with E-state index in [-0.39, 0.29) is 24.1 Å². The van der Waals surface area contributed by atoms with Crippen LogP contribution < -0.4 is 21.3 Å². The van der Waals surface area contributed by atoms with Crippen molar-refractivity contribution < 1.29 is 27.6 Å². The minimum atomic E-state index is -4.69. The number of amides is 3. The van der Waals surface area contributed by atoms with Crippen LogP contribution in [0.3, 0.4) is 0 Å². The summed E-state index contributed by atoms with van der Waals surface area (Å²) in [6.07, 6.45) is -2.16. The molecule has 186 valence electrons. The molecular formula is C22H27ClF3N5O3. The van der Waals surface area contributed by atoms with Crippen LogP contribution in [0.2, 0.25) is 5.02 Å². The van der Waals surface area contributed by atoms with E-state index in [1.807, 2.05) is 0 Å². The fraction of sp³-hybridized carbons (Fsp3) is 0.591. The molecule has 0 aromatic heterocycles. The molecule has 4 N–H and O–H groups in total. The molecule has 0 spiro atoms. The van der Waals surface area contributed by atoms with E-state index in [1.54, 1.807) is 0 Å². The summed E-state index contributed by atoms with van der Waals surface area (Å²) < 4.78 is 39.5. The predicted octanol–water partition coefficient (Wildman–Crippen LogP) is 2.64. The van der Waals surface area contributed by atoms with Gasteiger partial charge in [0, 0.05) is 24.7 Å². The largest absolute Gasteiger partial charge is 0.417 e. The van der Waals surface area contributed by atoms with Crippen molar-refractivity contribution in [1.82, 2.24) is 20.9 Å². The summed E-state index contributed by atoms with van der Waals surface area (Å²) in [6, 6.07) is 3.30. The molecule has 3 amide bonds. The minimum Gasteiger partial charge on any atom is -0.340 e. The van der Waals surface area contributed by atoms with Crippen LogP contribution in [0.1, 0.15) is 44.6 Å². The Hall–Kier alpha value is -2.37. The third-order valence-electron chi connectivity index (χ3n) is 6.79. The maximum absolute atomic E-state index is 13.2. The molecule has 1 aromatic carbocycles. The van der Waals surface area contributed by atoms with E-state index >= 15 is 0 Å². The Morgan fingerprint density at radius 2 is 2.00 bits per heavy atom. The maximum Gasteiger partial charge on any atom is 0.417 e. The lowest BCUT2D eigenvalue weighted by Gasteiger charge is -2.49. The van der Waals surface area contributed by atoms with Crippen LogP contribution in [0.25, 0.3) is 0 Å². The third-order valence-corrected chi connectivity index (χ3v) is 7.11. The van der Waals surface area contributed by atoms with Gasteiger partial charge in [0.2, 0.25) is 17.7 Å². The molecule has 0 radical (unpaired) electrons. The normalized spacial score (nSPS) is 30.2. The predicted molar refractivity (Wildman–Crippen MR) is 118 cm³/mol. The molecule has 12 heteroatoms. The number of carbonyl (C=O) groups is 3. The lowest BCUT2D eigenvalue weighted by Crippen LogP contribution is -2.75. The molecule has 3 heterocycles. The Morgan fingerprint density at radius 3 is 2.71 bits per heavy atom. The fourth-order valence-corrected chi connectivity index (χ4v) is 5.32. The van der Waals surface area contributed by atoms with E-state index < -0.39 is 52.9 Å². The van der Waals surface area contributed by atoms with Crippen LogP contribution in [0.15, 0.2) is 18.2 Å². The Labute approximate surface area is 199 Å². The molecule has 34 heavy (non-hydrogen) atoms. The minimum absolute atomic E-state index is 0.120. The molecule has 3 saturated heterocycles. The number of anilines is 1. The molecule has 5 unspecified atom stereocenters. The van der Waals surface area contributed by atoms with Crippen molar-refractivity contribution >= 4 is 35.0 Å². The summed E-state index contributed by atoms with van der Waals surface area (Å²) in [5.41, 5.74) is -1.21. The molecule has 8 nitrogen and oxygen atoms in total. The smallest absolute Gasteiger partial charge is 0.340 e. The van der Waals surface area contributed by atoms with Gasteiger partial charge in [-0.3, -0.25) is 24.6 Å². The van der Waals surface area contributed by atoms with Crippen LogP contribution in [0.5, 0.6) is 0 Å². The van der Waals surface area contributed by atoms with Crippen molar-refractivity contribution in [2.75, 3.05) is 11.9 Å². The standard InChI is InChI=1S/C22H27ClF3N5O3/c1-2-12-5-3-4-8-31(12)21-29-18-17(20(34)30-21)13(10-16(32)28-18)19(33)27-11-6-7-15(23)14(9-11)22(24,25)26/h6-7,9,12-13,17-18,21,29H,2-5,8,10H2,1H3,(H,27,33)(H,28,32)(H,30,34). The van der Waals surface area contributed by atoms with Crippen molar-refractivity contribution in [3.05, 3.63) is 28.8 Å². The first kappa shape index (κ1) is 24.7. The number of fused-ring (bicyclic) bond motifs is 1. The molecule has 1 aromatic rings. The Bertz CT molecular complexity index is 976. The lowest BCUT2D eigenvalue weighted by molar-refractivity contribution is -0.148. The second kappa shape index (κ2) is 9.71. The zero-order valence-electron chi connectivity index (χ0n) is 18.5. The van der Waals surface area contributed by atoms with Gasteiger partial charge in [-0.05, 0) is 37.5 Å². The quantitative estimate of drug-likeness (QED) is 0.508. The molecule has 3 fully saturated rings. The summed E-state index contributed by atoms with van der Waals surface area (Å²) in [7, 11) is 0. The molecule has 4 rings (SSSR count). The zero-order valence-corrected chi connectivity index (χ0v) is 19.3. The van der Waals surface area contributed by atoms with E-state index in [4.69, 9.17) is 11.6 Å². The zero-order chi connectivity index (χ0) is 24.6. The molecule has 3 aliphatic heterocycles. The second-order valence-electron chi connectivity index (χ2n) is 8.94. The van der Waals surface area contributed by atoms with E-state index in [9.17, 15) is 27.6 Å². The topological polar surface area (TPSA) is 103 Å². The van der Waals surface area contributed by atoms with Crippen molar-refractivity contribution in [3.63, 3.8) is 0 Å². The van der Waals surface area contributed by atoms with Crippen molar-refractivity contribution in [2.45, 2.75) is 63.7 Å². The Kier molecular flexibility index (Phi) is 7.07. The van der Waals surface area contributed by atoms with Gasteiger partial charge < -0.3 is 16.0 Å². The van der Waals surface area contributed by atoms with Gasteiger partial charge in [0.05, 0.1) is 28.6 Å². The number of nitrogens with one attached hydrogen (secondary N) is 4. The second-order valence-corrected chi connectivity index (χ2v) is 9.34. The van der Waals surface area contributed by atoms with Gasteiger partial charge in [0.15, 0.2) is 0 Å². The SMILES string of the molecule is CCC1CCCCN1C1NC(=O)C2C(NC(=O)CC2C(=O)Nc2ccc(Cl)c(C(F)(F)F)c2)N1. The Morgan fingerprint density at radius 1 is 1.24 bits per heavy atom. The van der Waals surface area contributed by atoms with E-state index in [0.717, 1.165) is 44.4 Å². The van der Waals surface area contributed by atoms with E-state index in [1.165, 1.54) is 6.07 Å². The summed E-state index contributed by atoms with van der Waals surface area (Å²) in [6.45, 7) is 2.88. The number of halogens is 4. The summed E-state index contributed by atoms with van der Waals surface area (Å²) in [5, 5.41) is 10.9. The number of benzene rings is 1. The first-order chi connectivity index (χ1) is 16.1. The number of hydrogen-bond donors (Lipinski definition) is 4. The molecule has 0 saturated carbocycles. The van der Waals surface area contributed by atoms with Gasteiger partial charge in [0.25, 0.3) is 0 Å². The Balaban J connectivity index is 1.51. The molecule has 3 aliphatic rings. The summed E-state index contributed by atoms with van der Waals surface area (Å²) >= 11 is 5.64. The molecule has 0 aliphatic carbocycles. The molecule has 5 atom stereocenters. The first-order valence-corrected chi connectivity index (χ1v) is 11.8. The van der Waals surface area contributed by atoms with Gasteiger partial charge in [0.1, 0.15) is 6.29 Å². The number of likely N-dealkylation sites (tertiary alicyclic amines) is 1. The van der Waals surface area contributed by atoms with Gasteiger partial charge in [-0.1, -0.05) is 24.9 Å². The average molecular weight is 502 g/mol. The van der Waals surface area contributed by atoms with Gasteiger partial charge in [-0.15, -0.1) is 0 Å². The van der Waals surface area contributed by atoms with Crippen LogP contribution >= 0.6 is 11.6 Å². The van der Waals surface area contributed by atoms with Gasteiger partial charge in [-0.2, -0.15) is 13.2 Å². The monoisotopic (exact) mass is 501 g/mol. The van der Waals surface area contributed by atoms with E-state index in [2.05, 4.69) is 33.1 Å². The summed E-state index contributed by atoms with van der Waals surface area (Å²) in [5.74, 6) is -3.48.